The fraction of sp³-hybridized carbons (Fsp3) is 0.235. The van der Waals surface area contributed by atoms with Crippen molar-refractivity contribution in [1.82, 2.24) is 0 Å². The van der Waals surface area contributed by atoms with Crippen LogP contribution in [0.3, 0.4) is 0 Å². The van der Waals surface area contributed by atoms with Crippen molar-refractivity contribution in [1.29, 1.82) is 0 Å². The first kappa shape index (κ1) is 13.7. The van der Waals surface area contributed by atoms with Crippen LogP contribution >= 0.6 is 23.2 Å². The van der Waals surface area contributed by atoms with Gasteiger partial charge >= 0.3 is 0 Å². The van der Waals surface area contributed by atoms with Crippen LogP contribution in [0.2, 0.25) is 0 Å². The van der Waals surface area contributed by atoms with E-state index < -0.39 is 9.75 Å². The molecule has 1 fully saturated rings. The monoisotopic (exact) mass is 304 g/mol. The standard InChI is InChI=1S/C17H14Cl2O/c1-16(15(20)13-10-6-3-7-11-13)14(17(16,18)19)12-8-4-2-5-9-12/h2-11,14H,1H3. The van der Waals surface area contributed by atoms with Gasteiger partial charge < -0.3 is 0 Å². The molecule has 102 valence electrons. The molecule has 0 saturated heterocycles. The fourth-order valence-electron chi connectivity index (χ4n) is 2.89. The molecule has 0 heterocycles. The molecule has 0 spiro atoms. The summed E-state index contributed by atoms with van der Waals surface area (Å²) >= 11 is 12.9. The molecule has 2 atom stereocenters. The number of halogens is 2. The molecule has 1 nitrogen and oxygen atoms in total. The largest absolute Gasteiger partial charge is 0.293 e. The van der Waals surface area contributed by atoms with Gasteiger partial charge in [-0.2, -0.15) is 0 Å². The molecule has 1 aliphatic carbocycles. The maximum absolute atomic E-state index is 12.8. The Labute approximate surface area is 128 Å². The lowest BCUT2D eigenvalue weighted by molar-refractivity contribution is 0.0906. The van der Waals surface area contributed by atoms with Crippen LogP contribution in [-0.2, 0) is 0 Å². The first-order valence-electron chi connectivity index (χ1n) is 6.52. The van der Waals surface area contributed by atoms with Gasteiger partial charge in [0.25, 0.3) is 0 Å². The minimum atomic E-state index is -1.05. The molecule has 0 bridgehead atoms. The third-order valence-electron chi connectivity index (χ3n) is 4.19. The lowest BCUT2D eigenvalue weighted by atomic mass is 9.92. The first-order chi connectivity index (χ1) is 9.49. The number of ketones is 1. The maximum atomic E-state index is 12.8. The zero-order chi connectivity index (χ0) is 14.4. The summed E-state index contributed by atoms with van der Waals surface area (Å²) in [7, 11) is 0. The van der Waals surface area contributed by atoms with Gasteiger partial charge in [-0.1, -0.05) is 83.9 Å². The molecule has 2 unspecified atom stereocenters. The predicted octanol–water partition coefficient (Wildman–Crippen LogP) is 4.85. The Hall–Kier alpha value is -1.31. The summed E-state index contributed by atoms with van der Waals surface area (Å²) in [6.45, 7) is 1.85. The average Bonchev–Trinajstić information content (AvgIpc) is 2.94. The number of carbonyl (C=O) groups is 1. The van der Waals surface area contributed by atoms with Crippen LogP contribution in [0.5, 0.6) is 0 Å². The summed E-state index contributed by atoms with van der Waals surface area (Å²) in [6, 6.07) is 18.9. The van der Waals surface area contributed by atoms with E-state index in [9.17, 15) is 4.79 Å². The number of hydrogen-bond acceptors (Lipinski definition) is 1. The van der Waals surface area contributed by atoms with Crippen molar-refractivity contribution in [3.63, 3.8) is 0 Å². The van der Waals surface area contributed by atoms with E-state index in [1.54, 1.807) is 12.1 Å². The highest BCUT2D eigenvalue weighted by molar-refractivity contribution is 6.54. The SMILES string of the molecule is CC1(C(=O)c2ccccc2)C(c2ccccc2)C1(Cl)Cl. The highest BCUT2D eigenvalue weighted by Crippen LogP contribution is 2.74. The molecule has 0 aromatic heterocycles. The van der Waals surface area contributed by atoms with E-state index in [1.165, 1.54) is 0 Å². The molecular weight excluding hydrogens is 291 g/mol. The van der Waals surface area contributed by atoms with Crippen LogP contribution in [0, 0.1) is 5.41 Å². The molecule has 1 aliphatic rings. The number of alkyl halides is 2. The number of hydrogen-bond donors (Lipinski definition) is 0. The van der Waals surface area contributed by atoms with Crippen molar-refractivity contribution < 1.29 is 4.79 Å². The second kappa shape index (κ2) is 4.61. The first-order valence-corrected chi connectivity index (χ1v) is 7.28. The number of benzene rings is 2. The molecule has 0 N–H and O–H groups in total. The van der Waals surface area contributed by atoms with E-state index in [0.717, 1.165) is 5.56 Å². The number of carbonyl (C=O) groups excluding carboxylic acids is 1. The minimum absolute atomic E-state index is 0.00282. The Balaban J connectivity index is 1.99. The summed E-state index contributed by atoms with van der Waals surface area (Å²) < 4.78 is -1.05. The summed E-state index contributed by atoms with van der Waals surface area (Å²) in [5, 5.41) is 0. The third-order valence-corrected chi connectivity index (χ3v) is 5.41. The summed E-state index contributed by atoms with van der Waals surface area (Å²) in [6.07, 6.45) is 0. The highest BCUT2D eigenvalue weighted by Gasteiger charge is 2.77. The summed E-state index contributed by atoms with van der Waals surface area (Å²) in [4.78, 5) is 12.8. The smallest absolute Gasteiger partial charge is 0.172 e. The second-order valence-corrected chi connectivity index (χ2v) is 6.75. The van der Waals surface area contributed by atoms with Crippen LogP contribution in [0.15, 0.2) is 60.7 Å². The molecule has 1 saturated carbocycles. The van der Waals surface area contributed by atoms with E-state index in [4.69, 9.17) is 23.2 Å². The van der Waals surface area contributed by atoms with Gasteiger partial charge in [-0.3, -0.25) is 4.79 Å². The van der Waals surface area contributed by atoms with Crippen molar-refractivity contribution in [2.24, 2.45) is 5.41 Å². The fourth-order valence-corrected chi connectivity index (χ4v) is 3.86. The van der Waals surface area contributed by atoms with Crippen LogP contribution < -0.4 is 0 Å². The van der Waals surface area contributed by atoms with E-state index in [0.29, 0.717) is 5.56 Å². The molecule has 2 aromatic rings. The van der Waals surface area contributed by atoms with E-state index in [-0.39, 0.29) is 11.7 Å². The summed E-state index contributed by atoms with van der Waals surface area (Å²) in [5.41, 5.74) is 0.877. The predicted molar refractivity (Wildman–Crippen MR) is 82.5 cm³/mol. The number of Topliss-reactive ketones (excluding diaryl/α,β-unsaturated/α-hetero) is 1. The van der Waals surface area contributed by atoms with E-state index >= 15 is 0 Å². The Morgan fingerprint density at radius 1 is 0.950 bits per heavy atom. The minimum Gasteiger partial charge on any atom is -0.293 e. The molecule has 0 aliphatic heterocycles. The maximum Gasteiger partial charge on any atom is 0.172 e. The van der Waals surface area contributed by atoms with Gasteiger partial charge in [0.05, 0.1) is 5.41 Å². The van der Waals surface area contributed by atoms with Crippen LogP contribution in [0.4, 0.5) is 0 Å². The van der Waals surface area contributed by atoms with Gasteiger partial charge in [0.1, 0.15) is 4.33 Å². The molecule has 0 radical (unpaired) electrons. The van der Waals surface area contributed by atoms with Crippen molar-refractivity contribution >= 4 is 29.0 Å². The quantitative estimate of drug-likeness (QED) is 0.585. The molecule has 2 aromatic carbocycles. The third kappa shape index (κ3) is 1.81. The second-order valence-electron chi connectivity index (χ2n) is 5.36. The Morgan fingerprint density at radius 3 is 2.00 bits per heavy atom. The van der Waals surface area contributed by atoms with Gasteiger partial charge in [0.2, 0.25) is 0 Å². The Morgan fingerprint density at radius 2 is 1.45 bits per heavy atom. The van der Waals surface area contributed by atoms with Crippen molar-refractivity contribution in [2.75, 3.05) is 0 Å². The average molecular weight is 305 g/mol. The Bertz CT molecular complexity index is 637. The van der Waals surface area contributed by atoms with Crippen LogP contribution in [0.25, 0.3) is 0 Å². The highest BCUT2D eigenvalue weighted by atomic mass is 35.5. The van der Waals surface area contributed by atoms with Crippen molar-refractivity contribution in [3.8, 4) is 0 Å². The van der Waals surface area contributed by atoms with Crippen molar-refractivity contribution in [2.45, 2.75) is 17.2 Å². The molecule has 20 heavy (non-hydrogen) atoms. The molecular formula is C17H14Cl2O. The van der Waals surface area contributed by atoms with Gasteiger partial charge in [-0.25, -0.2) is 0 Å². The van der Waals surface area contributed by atoms with Crippen LogP contribution in [-0.4, -0.2) is 10.1 Å². The van der Waals surface area contributed by atoms with E-state index in [2.05, 4.69) is 0 Å². The topological polar surface area (TPSA) is 17.1 Å². The summed E-state index contributed by atoms with van der Waals surface area (Å²) in [5.74, 6) is -0.177. The lowest BCUT2D eigenvalue weighted by Crippen LogP contribution is -2.18. The lowest BCUT2D eigenvalue weighted by Gasteiger charge is -2.11. The normalized spacial score (nSPS) is 27.1. The zero-order valence-electron chi connectivity index (χ0n) is 11.0. The van der Waals surface area contributed by atoms with Gasteiger partial charge in [0, 0.05) is 11.5 Å². The molecule has 0 amide bonds. The van der Waals surface area contributed by atoms with Gasteiger partial charge in [-0.05, 0) is 12.5 Å². The zero-order valence-corrected chi connectivity index (χ0v) is 12.5. The van der Waals surface area contributed by atoms with Gasteiger partial charge in [0.15, 0.2) is 5.78 Å². The molecule has 3 rings (SSSR count). The number of rotatable bonds is 3. The van der Waals surface area contributed by atoms with Crippen molar-refractivity contribution in [3.05, 3.63) is 71.8 Å². The molecule has 3 heteroatoms. The van der Waals surface area contributed by atoms with Gasteiger partial charge in [-0.15, -0.1) is 0 Å². The van der Waals surface area contributed by atoms with E-state index in [1.807, 2.05) is 55.5 Å². The van der Waals surface area contributed by atoms with Crippen LogP contribution in [0.1, 0.15) is 28.8 Å². The Kier molecular flexibility index (Phi) is 3.15.